The van der Waals surface area contributed by atoms with Gasteiger partial charge in [0.05, 0.1) is 12.1 Å². The van der Waals surface area contributed by atoms with Crippen LogP contribution in [0.15, 0.2) is 24.3 Å². The Hall–Kier alpha value is -1.35. The fourth-order valence-corrected chi connectivity index (χ4v) is 2.48. The van der Waals surface area contributed by atoms with E-state index in [1.807, 2.05) is 6.92 Å². The van der Waals surface area contributed by atoms with Crippen molar-refractivity contribution in [1.29, 1.82) is 0 Å². The van der Waals surface area contributed by atoms with Gasteiger partial charge in [-0.05, 0) is 43.4 Å². The van der Waals surface area contributed by atoms with Crippen molar-refractivity contribution in [2.45, 2.75) is 51.6 Å². The van der Waals surface area contributed by atoms with Crippen LogP contribution in [0.1, 0.15) is 56.7 Å². The van der Waals surface area contributed by atoms with E-state index in [9.17, 15) is 4.79 Å². The Labute approximate surface area is 115 Å². The molecule has 1 unspecified atom stereocenters. The van der Waals surface area contributed by atoms with E-state index in [1.54, 1.807) is 0 Å². The number of carbonyl (C=O) groups excluding carboxylic acids is 1. The van der Waals surface area contributed by atoms with Gasteiger partial charge in [0.1, 0.15) is 0 Å². The molecule has 104 valence electrons. The van der Waals surface area contributed by atoms with Gasteiger partial charge < -0.3 is 10.6 Å². The van der Waals surface area contributed by atoms with Crippen LogP contribution in [0.2, 0.25) is 0 Å². The zero-order valence-electron chi connectivity index (χ0n) is 12.1. The van der Waals surface area contributed by atoms with Crippen molar-refractivity contribution >= 4 is 5.91 Å². The molecule has 0 spiro atoms. The molecule has 19 heavy (non-hydrogen) atoms. The largest absolute Gasteiger partial charge is 0.348 e. The molecular weight excluding hydrogens is 236 g/mol. The highest BCUT2D eigenvalue weighted by molar-refractivity contribution is 5.82. The van der Waals surface area contributed by atoms with Gasteiger partial charge in [-0.1, -0.05) is 38.1 Å². The van der Waals surface area contributed by atoms with Crippen molar-refractivity contribution in [3.63, 3.8) is 0 Å². The smallest absolute Gasteiger partial charge is 0.237 e. The summed E-state index contributed by atoms with van der Waals surface area (Å²) in [6.45, 7) is 7.37. The van der Waals surface area contributed by atoms with Crippen molar-refractivity contribution in [1.82, 2.24) is 10.6 Å². The normalized spacial score (nSPS) is 20.5. The molecule has 1 aliphatic rings. The number of hydrogen-bond acceptors (Lipinski definition) is 2. The molecule has 1 amide bonds. The number of nitrogens with one attached hydrogen (secondary N) is 2. The summed E-state index contributed by atoms with van der Waals surface area (Å²) in [6.07, 6.45) is 2.04. The lowest BCUT2D eigenvalue weighted by Gasteiger charge is -2.18. The molecule has 3 nitrogen and oxygen atoms in total. The van der Waals surface area contributed by atoms with E-state index in [0.717, 1.165) is 24.9 Å². The molecule has 1 heterocycles. The zero-order chi connectivity index (χ0) is 13.8. The van der Waals surface area contributed by atoms with Crippen molar-refractivity contribution in [2.24, 2.45) is 0 Å². The molecule has 0 saturated carbocycles. The molecule has 1 fully saturated rings. The number of hydrogen-bond donors (Lipinski definition) is 2. The van der Waals surface area contributed by atoms with E-state index in [1.165, 1.54) is 5.56 Å². The average molecular weight is 260 g/mol. The van der Waals surface area contributed by atoms with Crippen LogP contribution in [0.3, 0.4) is 0 Å². The molecule has 1 aromatic rings. The first-order valence-corrected chi connectivity index (χ1v) is 7.21. The summed E-state index contributed by atoms with van der Waals surface area (Å²) >= 11 is 0. The van der Waals surface area contributed by atoms with Gasteiger partial charge in [-0.25, -0.2) is 0 Å². The fourth-order valence-electron chi connectivity index (χ4n) is 2.48. The number of carbonyl (C=O) groups is 1. The lowest BCUT2D eigenvalue weighted by atomic mass is 9.99. The van der Waals surface area contributed by atoms with Crippen LogP contribution in [0.4, 0.5) is 0 Å². The number of benzene rings is 1. The summed E-state index contributed by atoms with van der Waals surface area (Å²) in [5.41, 5.74) is 2.50. The lowest BCUT2D eigenvalue weighted by molar-refractivity contribution is -0.123. The Morgan fingerprint density at radius 3 is 2.37 bits per heavy atom. The Balaban J connectivity index is 1.95. The van der Waals surface area contributed by atoms with E-state index < -0.39 is 0 Å². The Morgan fingerprint density at radius 1 is 1.21 bits per heavy atom. The van der Waals surface area contributed by atoms with Gasteiger partial charge in [-0.2, -0.15) is 0 Å². The van der Waals surface area contributed by atoms with E-state index >= 15 is 0 Å². The second kappa shape index (κ2) is 6.20. The first-order valence-electron chi connectivity index (χ1n) is 7.21. The van der Waals surface area contributed by atoms with Gasteiger partial charge in [0.15, 0.2) is 0 Å². The Bertz CT molecular complexity index is 419. The maximum Gasteiger partial charge on any atom is 0.237 e. The van der Waals surface area contributed by atoms with Crippen LogP contribution < -0.4 is 10.6 Å². The summed E-state index contributed by atoms with van der Waals surface area (Å²) in [6, 6.07) is 8.59. The SMILES string of the molecule is CC(C)c1ccc(C(C)NC(=O)[C@H]2CCCN2)cc1. The molecule has 0 bridgehead atoms. The minimum atomic E-state index is -0.00242. The summed E-state index contributed by atoms with van der Waals surface area (Å²) in [4.78, 5) is 12.0. The van der Waals surface area contributed by atoms with Gasteiger partial charge in [0.2, 0.25) is 5.91 Å². The summed E-state index contributed by atoms with van der Waals surface area (Å²) in [5, 5.41) is 6.31. The standard InChI is InChI=1S/C16H24N2O/c1-11(2)13-6-8-14(9-7-13)12(3)18-16(19)15-5-4-10-17-15/h6-9,11-12,15,17H,4-5,10H2,1-3H3,(H,18,19)/t12?,15-/m1/s1. The minimum absolute atomic E-state index is 0.00242. The van der Waals surface area contributed by atoms with E-state index in [4.69, 9.17) is 0 Å². The third-order valence-electron chi connectivity index (χ3n) is 3.84. The lowest BCUT2D eigenvalue weighted by Crippen LogP contribution is -2.41. The molecular formula is C16H24N2O. The molecule has 0 radical (unpaired) electrons. The van der Waals surface area contributed by atoms with Crippen LogP contribution in [-0.4, -0.2) is 18.5 Å². The van der Waals surface area contributed by atoms with Gasteiger partial charge in [0.25, 0.3) is 0 Å². The number of amides is 1. The summed E-state index contributed by atoms with van der Waals surface area (Å²) in [5.74, 6) is 0.666. The van der Waals surface area contributed by atoms with Crippen molar-refractivity contribution < 1.29 is 4.79 Å². The molecule has 2 rings (SSSR count). The molecule has 3 heteroatoms. The molecule has 2 N–H and O–H groups in total. The molecule has 2 atom stereocenters. The summed E-state index contributed by atoms with van der Waals surface area (Å²) in [7, 11) is 0. The highest BCUT2D eigenvalue weighted by atomic mass is 16.2. The maximum absolute atomic E-state index is 12.0. The molecule has 1 saturated heterocycles. The Kier molecular flexibility index (Phi) is 4.59. The predicted molar refractivity (Wildman–Crippen MR) is 78.1 cm³/mol. The van der Waals surface area contributed by atoms with Crippen LogP contribution >= 0.6 is 0 Å². The van der Waals surface area contributed by atoms with E-state index in [-0.39, 0.29) is 18.0 Å². The third-order valence-corrected chi connectivity index (χ3v) is 3.84. The molecule has 0 aliphatic carbocycles. The predicted octanol–water partition coefficient (Wildman–Crippen LogP) is 2.74. The van der Waals surface area contributed by atoms with Crippen LogP contribution in [0.5, 0.6) is 0 Å². The van der Waals surface area contributed by atoms with Crippen LogP contribution in [0.25, 0.3) is 0 Å². The third kappa shape index (κ3) is 3.57. The van der Waals surface area contributed by atoms with Crippen molar-refractivity contribution in [3.05, 3.63) is 35.4 Å². The topological polar surface area (TPSA) is 41.1 Å². The van der Waals surface area contributed by atoms with Crippen LogP contribution in [0, 0.1) is 0 Å². The van der Waals surface area contributed by atoms with Gasteiger partial charge in [0, 0.05) is 0 Å². The number of rotatable bonds is 4. The van der Waals surface area contributed by atoms with Gasteiger partial charge >= 0.3 is 0 Å². The second-order valence-electron chi connectivity index (χ2n) is 5.70. The monoisotopic (exact) mass is 260 g/mol. The van der Waals surface area contributed by atoms with Gasteiger partial charge in [-0.15, -0.1) is 0 Å². The van der Waals surface area contributed by atoms with Crippen LogP contribution in [-0.2, 0) is 4.79 Å². The highest BCUT2D eigenvalue weighted by Gasteiger charge is 2.23. The first-order chi connectivity index (χ1) is 9.08. The summed E-state index contributed by atoms with van der Waals surface area (Å²) < 4.78 is 0. The van der Waals surface area contributed by atoms with Crippen molar-refractivity contribution in [2.75, 3.05) is 6.54 Å². The maximum atomic E-state index is 12.0. The zero-order valence-corrected chi connectivity index (χ0v) is 12.1. The molecule has 0 aromatic heterocycles. The average Bonchev–Trinajstić information content (AvgIpc) is 2.92. The van der Waals surface area contributed by atoms with E-state index in [2.05, 4.69) is 48.7 Å². The highest BCUT2D eigenvalue weighted by Crippen LogP contribution is 2.19. The van der Waals surface area contributed by atoms with E-state index in [0.29, 0.717) is 5.92 Å². The molecule has 1 aliphatic heterocycles. The van der Waals surface area contributed by atoms with Gasteiger partial charge in [-0.3, -0.25) is 4.79 Å². The minimum Gasteiger partial charge on any atom is -0.348 e. The first kappa shape index (κ1) is 14.1. The quantitative estimate of drug-likeness (QED) is 0.874. The second-order valence-corrected chi connectivity index (χ2v) is 5.70. The fraction of sp³-hybridized carbons (Fsp3) is 0.562. The Morgan fingerprint density at radius 2 is 1.84 bits per heavy atom. The van der Waals surface area contributed by atoms with Crippen molar-refractivity contribution in [3.8, 4) is 0 Å². The molecule has 1 aromatic carbocycles.